The van der Waals surface area contributed by atoms with Crippen molar-refractivity contribution in [1.82, 2.24) is 34.7 Å². The summed E-state index contributed by atoms with van der Waals surface area (Å²) in [6.45, 7) is 2.68. The number of benzene rings is 2. The standard InChI is InChI=1S/C32H28FN9O2/c1-19-7-12-22(39-32(43)28-24(16-38-41-28)20-8-10-21(33)11-9-20)15-25(19)40-30-23(5-4-13-34-30)27-29-31(36-17-35-27)42(18-37-29)26-6-2-3-14-44-26/h4-5,7-13,15-18,26H,2-3,6,14H2,1H3,(H,34,40)(H,38,41)(H,39,43). The van der Waals surface area contributed by atoms with Crippen LogP contribution in [0.5, 0.6) is 0 Å². The lowest BCUT2D eigenvalue weighted by molar-refractivity contribution is -0.0298. The number of aryl methyl sites for hydroxylation is 1. The molecule has 1 atom stereocenters. The second-order valence-electron chi connectivity index (χ2n) is 10.5. The number of carbonyl (C=O) groups is 1. The average molecular weight is 590 g/mol. The van der Waals surface area contributed by atoms with Gasteiger partial charge in [0.15, 0.2) is 11.3 Å². The van der Waals surface area contributed by atoms with E-state index in [1.54, 1.807) is 30.9 Å². The number of imidazole rings is 1. The molecule has 7 rings (SSSR count). The Morgan fingerprint density at radius 1 is 1.05 bits per heavy atom. The predicted octanol–water partition coefficient (Wildman–Crippen LogP) is 6.42. The summed E-state index contributed by atoms with van der Waals surface area (Å²) >= 11 is 0. The van der Waals surface area contributed by atoms with Gasteiger partial charge in [0.25, 0.3) is 5.91 Å². The van der Waals surface area contributed by atoms with Crippen LogP contribution in [0.2, 0.25) is 0 Å². The number of carbonyl (C=O) groups excluding carboxylic acids is 1. The molecule has 1 amide bonds. The Bertz CT molecular complexity index is 1960. The molecule has 0 spiro atoms. The number of hydrogen-bond acceptors (Lipinski definition) is 8. The van der Waals surface area contributed by atoms with Gasteiger partial charge < -0.3 is 15.4 Å². The van der Waals surface area contributed by atoms with E-state index in [0.29, 0.717) is 39.5 Å². The van der Waals surface area contributed by atoms with Gasteiger partial charge in [0.1, 0.15) is 35.4 Å². The average Bonchev–Trinajstić information content (AvgIpc) is 3.72. The second kappa shape index (κ2) is 11.7. The summed E-state index contributed by atoms with van der Waals surface area (Å²) in [5.41, 5.74) is 6.45. The van der Waals surface area contributed by atoms with Crippen LogP contribution in [0.4, 0.5) is 21.6 Å². The van der Waals surface area contributed by atoms with Gasteiger partial charge >= 0.3 is 0 Å². The van der Waals surface area contributed by atoms with Gasteiger partial charge in [-0.2, -0.15) is 5.10 Å². The second-order valence-corrected chi connectivity index (χ2v) is 10.5. The summed E-state index contributed by atoms with van der Waals surface area (Å²) in [5.74, 6) is -0.180. The van der Waals surface area contributed by atoms with E-state index >= 15 is 0 Å². The van der Waals surface area contributed by atoms with Crippen molar-refractivity contribution in [3.05, 3.63) is 96.7 Å². The van der Waals surface area contributed by atoms with E-state index in [0.717, 1.165) is 42.7 Å². The third kappa shape index (κ3) is 5.26. The first kappa shape index (κ1) is 27.3. The van der Waals surface area contributed by atoms with Crippen LogP contribution in [-0.4, -0.2) is 47.2 Å². The molecule has 220 valence electrons. The normalized spacial score (nSPS) is 14.9. The van der Waals surface area contributed by atoms with Gasteiger partial charge in [-0.3, -0.25) is 14.5 Å². The van der Waals surface area contributed by atoms with Crippen LogP contribution in [0.15, 0.2) is 79.6 Å². The van der Waals surface area contributed by atoms with Gasteiger partial charge in [-0.15, -0.1) is 0 Å². The molecule has 0 bridgehead atoms. The van der Waals surface area contributed by atoms with Gasteiger partial charge in [-0.1, -0.05) is 18.2 Å². The lowest BCUT2D eigenvalue weighted by Crippen LogP contribution is -2.17. The molecule has 0 aliphatic carbocycles. The maximum absolute atomic E-state index is 13.4. The topological polar surface area (TPSA) is 136 Å². The number of fused-ring (bicyclic) bond motifs is 1. The summed E-state index contributed by atoms with van der Waals surface area (Å²) < 4.78 is 21.4. The van der Waals surface area contributed by atoms with Crippen LogP contribution < -0.4 is 10.6 Å². The molecule has 0 saturated carbocycles. The molecule has 4 aromatic heterocycles. The van der Waals surface area contributed by atoms with E-state index in [4.69, 9.17) is 4.74 Å². The molecule has 11 nitrogen and oxygen atoms in total. The summed E-state index contributed by atoms with van der Waals surface area (Å²) in [7, 11) is 0. The number of hydrogen-bond donors (Lipinski definition) is 3. The van der Waals surface area contributed by atoms with Crippen molar-refractivity contribution < 1.29 is 13.9 Å². The largest absolute Gasteiger partial charge is 0.358 e. The lowest BCUT2D eigenvalue weighted by Gasteiger charge is -2.23. The molecule has 1 aliphatic heterocycles. The van der Waals surface area contributed by atoms with Gasteiger partial charge in [0.2, 0.25) is 0 Å². The molecular formula is C32H28FN9O2. The number of halogens is 1. The zero-order valence-corrected chi connectivity index (χ0v) is 23.8. The Morgan fingerprint density at radius 3 is 2.77 bits per heavy atom. The Labute approximate surface area is 251 Å². The maximum Gasteiger partial charge on any atom is 0.276 e. The molecule has 12 heteroatoms. The van der Waals surface area contributed by atoms with Crippen molar-refractivity contribution in [3.8, 4) is 22.4 Å². The quantitative estimate of drug-likeness (QED) is 0.194. The van der Waals surface area contributed by atoms with Crippen LogP contribution in [0.25, 0.3) is 33.5 Å². The number of ether oxygens (including phenoxy) is 1. The molecule has 6 aromatic rings. The molecule has 3 N–H and O–H groups in total. The zero-order chi connectivity index (χ0) is 30.0. The highest BCUT2D eigenvalue weighted by Crippen LogP contribution is 2.34. The third-order valence-electron chi connectivity index (χ3n) is 7.65. The number of nitrogens with zero attached hydrogens (tertiary/aromatic N) is 6. The predicted molar refractivity (Wildman–Crippen MR) is 164 cm³/mol. The lowest BCUT2D eigenvalue weighted by atomic mass is 10.1. The zero-order valence-electron chi connectivity index (χ0n) is 23.8. The van der Waals surface area contributed by atoms with E-state index in [2.05, 4.69) is 40.8 Å². The molecule has 1 saturated heterocycles. The van der Waals surface area contributed by atoms with Crippen molar-refractivity contribution in [3.63, 3.8) is 0 Å². The maximum atomic E-state index is 13.4. The summed E-state index contributed by atoms with van der Waals surface area (Å²) in [4.78, 5) is 31.6. The fourth-order valence-electron chi connectivity index (χ4n) is 5.36. The van der Waals surface area contributed by atoms with Crippen molar-refractivity contribution in [1.29, 1.82) is 0 Å². The summed E-state index contributed by atoms with van der Waals surface area (Å²) in [5, 5.41) is 13.2. The number of pyridine rings is 1. The number of rotatable bonds is 7. The van der Waals surface area contributed by atoms with E-state index in [-0.39, 0.29) is 17.7 Å². The highest BCUT2D eigenvalue weighted by atomic mass is 19.1. The van der Waals surface area contributed by atoms with Gasteiger partial charge in [-0.25, -0.2) is 24.3 Å². The first-order chi connectivity index (χ1) is 21.5. The number of aromatic amines is 1. The molecule has 1 fully saturated rings. The van der Waals surface area contributed by atoms with Gasteiger partial charge in [-0.05, 0) is 73.7 Å². The fourth-order valence-corrected chi connectivity index (χ4v) is 5.36. The molecule has 0 radical (unpaired) electrons. The van der Waals surface area contributed by atoms with Crippen LogP contribution in [0.1, 0.15) is 41.5 Å². The fraction of sp³-hybridized carbons (Fsp3) is 0.188. The minimum Gasteiger partial charge on any atom is -0.358 e. The first-order valence-corrected chi connectivity index (χ1v) is 14.3. The van der Waals surface area contributed by atoms with Crippen LogP contribution in [0, 0.1) is 12.7 Å². The Morgan fingerprint density at radius 2 is 1.93 bits per heavy atom. The van der Waals surface area contributed by atoms with Crippen molar-refractivity contribution in [2.24, 2.45) is 0 Å². The molecular weight excluding hydrogens is 561 g/mol. The van der Waals surface area contributed by atoms with Crippen LogP contribution >= 0.6 is 0 Å². The highest BCUT2D eigenvalue weighted by molar-refractivity contribution is 6.07. The summed E-state index contributed by atoms with van der Waals surface area (Å²) in [6.07, 6.45) is 9.57. The van der Waals surface area contributed by atoms with Crippen LogP contribution in [-0.2, 0) is 4.74 Å². The molecule has 2 aromatic carbocycles. The monoisotopic (exact) mass is 589 g/mol. The van der Waals surface area contributed by atoms with E-state index in [1.165, 1.54) is 18.5 Å². The van der Waals surface area contributed by atoms with Crippen molar-refractivity contribution >= 4 is 34.3 Å². The minimum absolute atomic E-state index is 0.100. The van der Waals surface area contributed by atoms with E-state index in [9.17, 15) is 9.18 Å². The third-order valence-corrected chi connectivity index (χ3v) is 7.65. The Kier molecular flexibility index (Phi) is 7.24. The van der Waals surface area contributed by atoms with E-state index in [1.807, 2.05) is 41.8 Å². The Balaban J connectivity index is 1.16. The van der Waals surface area contributed by atoms with E-state index < -0.39 is 5.91 Å². The molecule has 1 unspecified atom stereocenters. The number of aromatic nitrogens is 7. The SMILES string of the molecule is Cc1ccc(NC(=O)c2n[nH]cc2-c2ccc(F)cc2)cc1Nc1ncccc1-c1ncnc2c1ncn2C1CCCCO1. The van der Waals surface area contributed by atoms with Gasteiger partial charge in [0.05, 0.1) is 6.33 Å². The number of H-pyrrole nitrogens is 1. The highest BCUT2D eigenvalue weighted by Gasteiger charge is 2.22. The first-order valence-electron chi connectivity index (χ1n) is 14.3. The number of nitrogens with one attached hydrogen (secondary N) is 3. The minimum atomic E-state index is -0.403. The Hall–Kier alpha value is -5.49. The van der Waals surface area contributed by atoms with Gasteiger partial charge in [0, 0.05) is 41.5 Å². The number of amides is 1. The molecule has 5 heterocycles. The van der Waals surface area contributed by atoms with Crippen LogP contribution in [0.3, 0.4) is 0 Å². The summed E-state index contributed by atoms with van der Waals surface area (Å²) in [6, 6.07) is 15.2. The smallest absolute Gasteiger partial charge is 0.276 e. The van der Waals surface area contributed by atoms with Crippen molar-refractivity contribution in [2.75, 3.05) is 17.2 Å². The molecule has 1 aliphatic rings. The number of anilines is 3. The van der Waals surface area contributed by atoms with Crippen molar-refractivity contribution in [2.45, 2.75) is 32.4 Å². The molecule has 44 heavy (non-hydrogen) atoms.